The van der Waals surface area contributed by atoms with Gasteiger partial charge in [0.1, 0.15) is 0 Å². The van der Waals surface area contributed by atoms with Gasteiger partial charge in [-0.25, -0.2) is 0 Å². The van der Waals surface area contributed by atoms with Gasteiger partial charge in [0, 0.05) is 19.1 Å². The van der Waals surface area contributed by atoms with Gasteiger partial charge in [-0.3, -0.25) is 4.90 Å². The van der Waals surface area contributed by atoms with Crippen molar-refractivity contribution in [1.82, 2.24) is 4.90 Å². The average molecular weight is 395 g/mol. The second kappa shape index (κ2) is 6.40. The number of aliphatic hydroxyl groups excluding tert-OH is 1. The van der Waals surface area contributed by atoms with E-state index >= 15 is 0 Å². The van der Waals surface area contributed by atoms with E-state index in [1.807, 2.05) is 6.07 Å². The summed E-state index contributed by atoms with van der Waals surface area (Å²) >= 11 is 0. The molecule has 1 unspecified atom stereocenters. The van der Waals surface area contributed by atoms with Gasteiger partial charge >= 0.3 is 0 Å². The molecule has 3 aromatic rings. The Hall–Kier alpha value is -2.70. The summed E-state index contributed by atoms with van der Waals surface area (Å²) in [5.74, 6) is 1.37. The molecule has 0 spiro atoms. The zero-order valence-electron chi connectivity index (χ0n) is 16.8. The number of methoxy groups -OCH3 is 2. The van der Waals surface area contributed by atoms with Gasteiger partial charge in [-0.15, -0.1) is 0 Å². The van der Waals surface area contributed by atoms with Gasteiger partial charge in [0.2, 0.25) is 0 Å². The number of fused-ring (bicyclic) bond motifs is 7. The van der Waals surface area contributed by atoms with Crippen molar-refractivity contribution in [2.75, 3.05) is 20.8 Å². The van der Waals surface area contributed by atoms with Gasteiger partial charge in [-0.05, 0) is 69.3 Å². The van der Waals surface area contributed by atoms with Gasteiger partial charge in [0.05, 0.1) is 20.3 Å². The van der Waals surface area contributed by atoms with E-state index < -0.39 is 6.10 Å². The molecule has 6 nitrogen and oxygen atoms in total. The Morgan fingerprint density at radius 1 is 0.897 bits per heavy atom. The van der Waals surface area contributed by atoms with Crippen LogP contribution in [0.1, 0.15) is 30.6 Å². The largest absolute Gasteiger partial charge is 0.504 e. The van der Waals surface area contributed by atoms with E-state index in [1.54, 1.807) is 18.2 Å². The summed E-state index contributed by atoms with van der Waals surface area (Å²) in [6, 6.07) is 7.05. The van der Waals surface area contributed by atoms with Crippen molar-refractivity contribution < 1.29 is 24.8 Å². The van der Waals surface area contributed by atoms with Gasteiger partial charge in [-0.2, -0.15) is 0 Å². The highest BCUT2D eigenvalue weighted by molar-refractivity contribution is 6.13. The Kier molecular flexibility index (Phi) is 4.05. The molecular formula is C23H25NO5. The number of aromatic hydroxyl groups is 2. The van der Waals surface area contributed by atoms with Crippen molar-refractivity contribution in [2.24, 2.45) is 5.92 Å². The van der Waals surface area contributed by atoms with Gasteiger partial charge in [-0.1, -0.05) is 6.92 Å². The number of hydrogen-bond acceptors (Lipinski definition) is 6. The van der Waals surface area contributed by atoms with Crippen LogP contribution in [0.25, 0.3) is 21.5 Å². The first-order chi connectivity index (χ1) is 13.9. The van der Waals surface area contributed by atoms with Gasteiger partial charge in [0.25, 0.3) is 0 Å². The molecule has 152 valence electrons. The molecule has 2 heterocycles. The van der Waals surface area contributed by atoms with Gasteiger partial charge < -0.3 is 24.8 Å². The lowest BCUT2D eigenvalue weighted by Crippen LogP contribution is -2.39. The highest BCUT2D eigenvalue weighted by atomic mass is 16.5. The Balaban J connectivity index is 1.91. The summed E-state index contributed by atoms with van der Waals surface area (Å²) in [5, 5.41) is 35.6. The van der Waals surface area contributed by atoms with E-state index in [9.17, 15) is 15.3 Å². The Bertz CT molecular complexity index is 1140. The lowest BCUT2D eigenvalue weighted by molar-refractivity contribution is 0.0552. The fourth-order valence-electron chi connectivity index (χ4n) is 5.28. The molecule has 0 radical (unpaired) electrons. The second-order valence-corrected chi connectivity index (χ2v) is 8.31. The number of nitrogens with zero attached hydrogens (tertiary/aromatic N) is 1. The predicted molar refractivity (Wildman–Crippen MR) is 111 cm³/mol. The summed E-state index contributed by atoms with van der Waals surface area (Å²) in [6.07, 6.45) is 0.296. The molecular weight excluding hydrogens is 370 g/mol. The van der Waals surface area contributed by atoms with Crippen LogP contribution in [0, 0.1) is 5.92 Å². The second-order valence-electron chi connectivity index (χ2n) is 8.31. The third-order valence-corrected chi connectivity index (χ3v) is 6.55. The number of aliphatic hydroxyl groups is 1. The minimum Gasteiger partial charge on any atom is -0.504 e. The molecule has 0 bridgehead atoms. The van der Waals surface area contributed by atoms with Crippen LogP contribution in [0.5, 0.6) is 23.0 Å². The first kappa shape index (κ1) is 18.3. The maximum Gasteiger partial charge on any atom is 0.161 e. The first-order valence-corrected chi connectivity index (χ1v) is 9.91. The van der Waals surface area contributed by atoms with Crippen LogP contribution in [-0.4, -0.2) is 47.0 Å². The summed E-state index contributed by atoms with van der Waals surface area (Å²) in [5.41, 5.74) is 1.88. The highest BCUT2D eigenvalue weighted by Gasteiger charge is 2.41. The van der Waals surface area contributed by atoms with Crippen LogP contribution in [0.4, 0.5) is 0 Å². The van der Waals surface area contributed by atoms with Crippen molar-refractivity contribution >= 4 is 21.5 Å². The first-order valence-electron chi connectivity index (χ1n) is 9.91. The Morgan fingerprint density at radius 3 is 2.14 bits per heavy atom. The number of rotatable bonds is 2. The molecule has 0 saturated carbocycles. The minimum atomic E-state index is -0.650. The van der Waals surface area contributed by atoms with Crippen molar-refractivity contribution in [3.63, 3.8) is 0 Å². The summed E-state index contributed by atoms with van der Waals surface area (Å²) in [4.78, 5) is 2.34. The molecule has 3 N–H and O–H groups in total. The molecule has 2 aliphatic rings. The minimum absolute atomic E-state index is 0.0358. The molecule has 0 aliphatic carbocycles. The van der Waals surface area contributed by atoms with Crippen LogP contribution in [0.3, 0.4) is 0 Å². The molecule has 2 aliphatic heterocycles. The van der Waals surface area contributed by atoms with Gasteiger partial charge in [0.15, 0.2) is 23.0 Å². The lowest BCUT2D eigenvalue weighted by atomic mass is 9.83. The summed E-state index contributed by atoms with van der Waals surface area (Å²) < 4.78 is 10.7. The highest BCUT2D eigenvalue weighted by Crippen LogP contribution is 2.49. The molecule has 5 rings (SSSR count). The van der Waals surface area contributed by atoms with Crippen LogP contribution < -0.4 is 9.47 Å². The number of phenols is 2. The van der Waals surface area contributed by atoms with Crippen molar-refractivity contribution in [2.45, 2.75) is 32.0 Å². The smallest absolute Gasteiger partial charge is 0.161 e. The quantitative estimate of drug-likeness (QED) is 0.574. The molecule has 6 heteroatoms. The number of hydrogen-bond donors (Lipinski definition) is 3. The molecule has 0 amide bonds. The summed E-state index contributed by atoms with van der Waals surface area (Å²) in [7, 11) is 3.04. The van der Waals surface area contributed by atoms with Crippen molar-refractivity contribution in [3.8, 4) is 23.0 Å². The maximum absolute atomic E-state index is 11.4. The molecule has 3 atom stereocenters. The maximum atomic E-state index is 11.4. The molecule has 0 aromatic heterocycles. The van der Waals surface area contributed by atoms with E-state index in [1.165, 1.54) is 14.2 Å². The summed E-state index contributed by atoms with van der Waals surface area (Å²) in [6.45, 7) is 3.88. The molecule has 1 saturated heterocycles. The van der Waals surface area contributed by atoms with E-state index in [2.05, 4.69) is 11.8 Å². The fraction of sp³-hybridized carbons (Fsp3) is 0.391. The number of ether oxygens (including phenoxy) is 2. The van der Waals surface area contributed by atoms with Crippen LogP contribution in [0.2, 0.25) is 0 Å². The standard InChI is InChI=1S/C23H25NO5/c1-11-4-17-23(27)22-15-6-19(26)20(28-2)7-13(15)12-5-18(25)21(29-3)8-14(12)16(22)10-24(17)9-11/h5-8,11,17,23,25-27H,4,9-10H2,1-3H3/t11?,17-,23+/m1/s1. The van der Waals surface area contributed by atoms with E-state index in [0.717, 1.165) is 45.6 Å². The SMILES string of the molecule is COc1cc2c3c(c4cc(O)c(OC)cc4c2cc1O)[C@@H](O)[C@H]1CC(C)CN1C3. The van der Waals surface area contributed by atoms with Crippen LogP contribution in [0.15, 0.2) is 24.3 Å². The molecule has 3 aromatic carbocycles. The van der Waals surface area contributed by atoms with Crippen LogP contribution >= 0.6 is 0 Å². The molecule has 29 heavy (non-hydrogen) atoms. The monoisotopic (exact) mass is 395 g/mol. The van der Waals surface area contributed by atoms with Crippen molar-refractivity contribution in [1.29, 1.82) is 0 Å². The lowest BCUT2D eigenvalue weighted by Gasteiger charge is -2.37. The Labute approximate surface area is 168 Å². The topological polar surface area (TPSA) is 82.4 Å². The normalized spacial score (nSPS) is 23.9. The zero-order chi connectivity index (χ0) is 20.4. The van der Waals surface area contributed by atoms with E-state index in [4.69, 9.17) is 9.47 Å². The number of phenolic OH excluding ortho intramolecular Hbond substituents is 2. The third kappa shape index (κ3) is 2.56. The number of benzene rings is 3. The molecule has 1 fully saturated rings. The average Bonchev–Trinajstić information content (AvgIpc) is 3.08. The Morgan fingerprint density at radius 2 is 1.48 bits per heavy atom. The zero-order valence-corrected chi connectivity index (χ0v) is 16.8. The van der Waals surface area contributed by atoms with E-state index in [-0.39, 0.29) is 17.5 Å². The predicted octanol–water partition coefficient (Wildman–Crippen LogP) is 3.68. The van der Waals surface area contributed by atoms with Crippen molar-refractivity contribution in [3.05, 3.63) is 35.4 Å². The third-order valence-electron chi connectivity index (χ3n) is 6.55. The fourth-order valence-corrected chi connectivity index (χ4v) is 5.28. The van der Waals surface area contributed by atoms with E-state index in [0.29, 0.717) is 24.0 Å². The van der Waals surface area contributed by atoms with Crippen LogP contribution in [-0.2, 0) is 6.54 Å².